The van der Waals surface area contributed by atoms with E-state index in [4.69, 9.17) is 11.6 Å². The number of phenols is 1. The van der Waals surface area contributed by atoms with Gasteiger partial charge in [0.2, 0.25) is 0 Å². The average Bonchev–Trinajstić information content (AvgIpc) is 2.84. The van der Waals surface area contributed by atoms with Gasteiger partial charge in [-0.2, -0.15) is 5.23 Å². The number of hydrogen-bond acceptors (Lipinski definition) is 6. The SMILES string of the molecule is O=C1NC(=O)C(c2ccccc2[NH+]([O-])O)=C1Nc1ccc(O)c(Cl)c1. The van der Waals surface area contributed by atoms with Crippen LogP contribution in [-0.4, -0.2) is 22.1 Å². The molecule has 9 heteroatoms. The van der Waals surface area contributed by atoms with Crippen molar-refractivity contribution in [1.29, 1.82) is 0 Å². The standard InChI is InChI=1S/C16H12ClN3O5/c17-10-7-8(5-6-12(10)21)18-14-13(15(22)19-16(14)23)9-3-1-2-4-11(9)20(24)25/h1-7,20-21,24H,(H2,18,19,22,23). The lowest BCUT2D eigenvalue weighted by molar-refractivity contribution is -0.991. The van der Waals surface area contributed by atoms with Crippen molar-refractivity contribution in [2.24, 2.45) is 0 Å². The summed E-state index contributed by atoms with van der Waals surface area (Å²) in [6.45, 7) is 0. The number of anilines is 1. The lowest BCUT2D eigenvalue weighted by atomic mass is 10.0. The fraction of sp³-hybridized carbons (Fsp3) is 0. The Morgan fingerprint density at radius 3 is 2.52 bits per heavy atom. The molecule has 128 valence electrons. The van der Waals surface area contributed by atoms with Crippen LogP contribution in [0.25, 0.3) is 5.57 Å². The van der Waals surface area contributed by atoms with E-state index in [9.17, 15) is 25.1 Å². The molecule has 2 amide bonds. The molecule has 1 aliphatic rings. The number of aromatic hydroxyl groups is 1. The maximum Gasteiger partial charge on any atom is 0.275 e. The summed E-state index contributed by atoms with van der Waals surface area (Å²) in [4.78, 5) is 24.3. The molecule has 5 N–H and O–H groups in total. The second-order valence-electron chi connectivity index (χ2n) is 5.18. The Morgan fingerprint density at radius 1 is 1.12 bits per heavy atom. The third kappa shape index (κ3) is 3.19. The van der Waals surface area contributed by atoms with Gasteiger partial charge in [0.25, 0.3) is 11.8 Å². The largest absolute Gasteiger partial charge is 0.595 e. The third-order valence-corrected chi connectivity index (χ3v) is 3.88. The zero-order valence-electron chi connectivity index (χ0n) is 12.5. The number of nitrogens with one attached hydrogen (secondary N) is 3. The molecule has 0 radical (unpaired) electrons. The Hall–Kier alpha value is -2.91. The topological polar surface area (TPSA) is 126 Å². The molecular formula is C16H12ClN3O5. The number of para-hydroxylation sites is 1. The zero-order chi connectivity index (χ0) is 18.1. The molecule has 2 aromatic rings. The van der Waals surface area contributed by atoms with Crippen molar-refractivity contribution in [3.63, 3.8) is 0 Å². The molecule has 1 heterocycles. The van der Waals surface area contributed by atoms with Crippen LogP contribution in [0.4, 0.5) is 11.4 Å². The highest BCUT2D eigenvalue weighted by atomic mass is 35.5. The summed E-state index contributed by atoms with van der Waals surface area (Å²) in [5.74, 6) is -1.53. The second kappa shape index (κ2) is 6.54. The molecule has 8 nitrogen and oxygen atoms in total. The first-order valence-electron chi connectivity index (χ1n) is 7.06. The first kappa shape index (κ1) is 16.9. The molecule has 0 saturated carbocycles. The lowest BCUT2D eigenvalue weighted by Crippen LogP contribution is -2.99. The summed E-state index contributed by atoms with van der Waals surface area (Å²) >= 11 is 5.83. The van der Waals surface area contributed by atoms with E-state index in [0.29, 0.717) is 5.69 Å². The molecule has 0 fully saturated rings. The van der Waals surface area contributed by atoms with Gasteiger partial charge in [-0.3, -0.25) is 14.9 Å². The maximum absolute atomic E-state index is 12.2. The Bertz CT molecular complexity index is 910. The number of hydrogen-bond donors (Lipinski definition) is 5. The number of phenolic OH excluding ortho intramolecular Hbond substituents is 1. The summed E-state index contributed by atoms with van der Waals surface area (Å²) in [7, 11) is 0. The number of rotatable bonds is 4. The number of benzene rings is 2. The molecule has 0 aliphatic carbocycles. The summed E-state index contributed by atoms with van der Waals surface area (Å²) in [5.41, 5.74) is 0.191. The van der Waals surface area contributed by atoms with Gasteiger partial charge in [0.1, 0.15) is 11.4 Å². The number of amides is 2. The number of imide groups is 1. The van der Waals surface area contributed by atoms with Gasteiger partial charge in [0, 0.05) is 11.8 Å². The van der Waals surface area contributed by atoms with Crippen molar-refractivity contribution in [3.8, 4) is 5.75 Å². The van der Waals surface area contributed by atoms with Gasteiger partial charge >= 0.3 is 0 Å². The van der Waals surface area contributed by atoms with Crippen molar-refractivity contribution < 1.29 is 25.1 Å². The van der Waals surface area contributed by atoms with Gasteiger partial charge in [-0.05, 0) is 24.3 Å². The highest BCUT2D eigenvalue weighted by Crippen LogP contribution is 2.31. The van der Waals surface area contributed by atoms with Gasteiger partial charge in [-0.15, -0.1) is 0 Å². The molecular weight excluding hydrogens is 350 g/mol. The normalized spacial score (nSPS) is 15.3. The number of quaternary nitrogens is 1. The molecule has 1 aliphatic heterocycles. The van der Waals surface area contributed by atoms with Crippen molar-refractivity contribution in [2.75, 3.05) is 5.32 Å². The van der Waals surface area contributed by atoms with Crippen LogP contribution in [0.3, 0.4) is 0 Å². The molecule has 0 bridgehead atoms. The number of carbonyl (C=O) groups excluding carboxylic acids is 2. The van der Waals surface area contributed by atoms with E-state index in [-0.39, 0.29) is 33.3 Å². The summed E-state index contributed by atoms with van der Waals surface area (Å²) in [6.07, 6.45) is 0. The third-order valence-electron chi connectivity index (χ3n) is 3.58. The minimum atomic E-state index is -1.22. The molecule has 2 aromatic carbocycles. The molecule has 3 rings (SSSR count). The van der Waals surface area contributed by atoms with Gasteiger partial charge in [0.05, 0.1) is 16.2 Å². The van der Waals surface area contributed by atoms with E-state index in [1.807, 2.05) is 0 Å². The average molecular weight is 362 g/mol. The van der Waals surface area contributed by atoms with E-state index >= 15 is 0 Å². The molecule has 25 heavy (non-hydrogen) atoms. The van der Waals surface area contributed by atoms with Crippen LogP contribution in [0.15, 0.2) is 48.2 Å². The van der Waals surface area contributed by atoms with Crippen molar-refractivity contribution in [2.45, 2.75) is 0 Å². The summed E-state index contributed by atoms with van der Waals surface area (Å²) in [5, 5.41) is 33.9. The van der Waals surface area contributed by atoms with Gasteiger partial charge in [-0.1, -0.05) is 23.7 Å². The van der Waals surface area contributed by atoms with Crippen LogP contribution in [0.1, 0.15) is 5.56 Å². The van der Waals surface area contributed by atoms with Crippen molar-refractivity contribution in [1.82, 2.24) is 5.32 Å². The van der Waals surface area contributed by atoms with Gasteiger partial charge in [-0.25, -0.2) is 5.21 Å². The van der Waals surface area contributed by atoms with E-state index in [2.05, 4.69) is 10.6 Å². The Morgan fingerprint density at radius 2 is 1.84 bits per heavy atom. The lowest BCUT2D eigenvalue weighted by Gasteiger charge is -2.16. The van der Waals surface area contributed by atoms with Crippen LogP contribution in [0.2, 0.25) is 5.02 Å². The van der Waals surface area contributed by atoms with E-state index in [1.165, 1.54) is 36.4 Å². The van der Waals surface area contributed by atoms with Crippen LogP contribution in [-0.2, 0) is 9.59 Å². The van der Waals surface area contributed by atoms with Crippen LogP contribution in [0.5, 0.6) is 5.75 Å². The number of halogens is 1. The molecule has 1 unspecified atom stereocenters. The second-order valence-corrected chi connectivity index (χ2v) is 5.58. The predicted molar refractivity (Wildman–Crippen MR) is 89.0 cm³/mol. The molecule has 0 saturated heterocycles. The highest BCUT2D eigenvalue weighted by molar-refractivity contribution is 6.37. The smallest absolute Gasteiger partial charge is 0.275 e. The first-order chi connectivity index (χ1) is 11.9. The minimum absolute atomic E-state index is 0.0582. The number of carbonyl (C=O) groups is 2. The van der Waals surface area contributed by atoms with E-state index in [1.54, 1.807) is 6.07 Å². The van der Waals surface area contributed by atoms with E-state index in [0.717, 1.165) is 0 Å². The molecule has 0 aromatic heterocycles. The van der Waals surface area contributed by atoms with Crippen LogP contribution < -0.4 is 15.9 Å². The van der Waals surface area contributed by atoms with Crippen molar-refractivity contribution in [3.05, 3.63) is 64.0 Å². The molecule has 1 atom stereocenters. The van der Waals surface area contributed by atoms with E-state index < -0.39 is 17.0 Å². The fourth-order valence-corrected chi connectivity index (χ4v) is 2.63. The molecule has 0 spiro atoms. The quantitative estimate of drug-likeness (QED) is 0.313. The van der Waals surface area contributed by atoms with Crippen LogP contribution >= 0.6 is 11.6 Å². The highest BCUT2D eigenvalue weighted by Gasteiger charge is 2.34. The van der Waals surface area contributed by atoms with Crippen molar-refractivity contribution >= 4 is 40.4 Å². The fourth-order valence-electron chi connectivity index (χ4n) is 2.45. The Labute approximate surface area is 146 Å². The summed E-state index contributed by atoms with van der Waals surface area (Å²) < 4.78 is 0. The Kier molecular flexibility index (Phi) is 4.43. The Balaban J connectivity index is 2.11. The van der Waals surface area contributed by atoms with Crippen LogP contribution in [0, 0.1) is 5.21 Å². The van der Waals surface area contributed by atoms with Gasteiger partial charge in [0.15, 0.2) is 5.69 Å². The summed E-state index contributed by atoms with van der Waals surface area (Å²) in [6, 6.07) is 10.0. The minimum Gasteiger partial charge on any atom is -0.595 e. The predicted octanol–water partition coefficient (Wildman–Crippen LogP) is 0.929. The monoisotopic (exact) mass is 361 g/mol. The first-order valence-corrected chi connectivity index (χ1v) is 7.44. The maximum atomic E-state index is 12.2. The van der Waals surface area contributed by atoms with Gasteiger partial charge < -0.3 is 15.6 Å². The zero-order valence-corrected chi connectivity index (χ0v) is 13.3.